The van der Waals surface area contributed by atoms with Crippen LogP contribution in [0.15, 0.2) is 109 Å². The largest absolute Gasteiger partial charge is 0.478 e. The fourth-order valence-corrected chi connectivity index (χ4v) is 7.07. The molecule has 1 aliphatic rings. The predicted molar refractivity (Wildman–Crippen MR) is 201 cm³/mol. The van der Waals surface area contributed by atoms with Crippen LogP contribution in [0.1, 0.15) is 72.6 Å². The molecular formula is C41H37F3N4O4S. The summed E-state index contributed by atoms with van der Waals surface area (Å²) in [7, 11) is 0. The van der Waals surface area contributed by atoms with E-state index < -0.39 is 23.6 Å². The molecule has 0 aliphatic carbocycles. The highest BCUT2D eigenvalue weighted by atomic mass is 32.2. The molecule has 0 saturated carbocycles. The Kier molecular flexibility index (Phi) is 11.8. The van der Waals surface area contributed by atoms with Crippen LogP contribution in [-0.2, 0) is 24.2 Å². The topological polar surface area (TPSA) is 112 Å². The van der Waals surface area contributed by atoms with E-state index in [-0.39, 0.29) is 23.6 Å². The lowest BCUT2D eigenvalue weighted by atomic mass is 10.0. The van der Waals surface area contributed by atoms with E-state index in [1.165, 1.54) is 24.4 Å². The summed E-state index contributed by atoms with van der Waals surface area (Å²) >= 11 is 1.61. The van der Waals surface area contributed by atoms with Crippen molar-refractivity contribution in [1.82, 2.24) is 10.3 Å². The van der Waals surface area contributed by atoms with Crippen LogP contribution in [0, 0.1) is 0 Å². The molecule has 53 heavy (non-hydrogen) atoms. The van der Waals surface area contributed by atoms with Gasteiger partial charge >= 0.3 is 12.1 Å². The van der Waals surface area contributed by atoms with Gasteiger partial charge in [0.1, 0.15) is 0 Å². The quantitative estimate of drug-likeness (QED) is 0.117. The van der Waals surface area contributed by atoms with Gasteiger partial charge in [0.15, 0.2) is 0 Å². The van der Waals surface area contributed by atoms with E-state index >= 15 is 0 Å². The molecule has 12 heteroatoms. The Labute approximate surface area is 309 Å². The van der Waals surface area contributed by atoms with Crippen molar-refractivity contribution in [3.63, 3.8) is 0 Å². The monoisotopic (exact) mass is 738 g/mol. The maximum absolute atomic E-state index is 13.7. The van der Waals surface area contributed by atoms with Crippen molar-refractivity contribution < 1.29 is 32.7 Å². The number of halogens is 3. The van der Waals surface area contributed by atoms with Gasteiger partial charge in [-0.1, -0.05) is 36.4 Å². The smallest absolute Gasteiger partial charge is 0.416 e. The summed E-state index contributed by atoms with van der Waals surface area (Å²) in [6.45, 7) is 1.69. The number of hydrogen-bond donors (Lipinski definition) is 3. The van der Waals surface area contributed by atoms with Gasteiger partial charge in [-0.05, 0) is 103 Å². The number of anilines is 2. The number of benzene rings is 4. The predicted octanol–water partition coefficient (Wildman–Crippen LogP) is 9.07. The molecule has 1 fully saturated rings. The minimum Gasteiger partial charge on any atom is -0.478 e. The number of thioether (sulfide) groups is 1. The summed E-state index contributed by atoms with van der Waals surface area (Å²) < 4.78 is 39.6. The van der Waals surface area contributed by atoms with Crippen molar-refractivity contribution in [2.75, 3.05) is 23.3 Å². The Balaban J connectivity index is 1.19. The highest BCUT2D eigenvalue weighted by Crippen LogP contribution is 2.34. The first-order valence-corrected chi connectivity index (χ1v) is 18.3. The number of carboxylic acids is 1. The number of carboxylic acid groups (broad SMARTS) is 1. The molecule has 8 nitrogen and oxygen atoms in total. The third kappa shape index (κ3) is 9.83. The highest BCUT2D eigenvalue weighted by Gasteiger charge is 2.30. The molecule has 4 aromatic carbocycles. The molecule has 0 atom stereocenters. The number of aromatic carboxylic acids is 1. The molecule has 1 aliphatic heterocycles. The number of alkyl halides is 3. The van der Waals surface area contributed by atoms with Crippen LogP contribution in [-0.4, -0.2) is 41.0 Å². The SMILES string of the molecule is O=C(O)c1cccc(CSCc2cccc(C(=O)Nc3ccc(N4CCCCC4)cc3-c3cc(C(=O)NCc4cccc(C(F)(F)F)c4)ccn3)c2)c1. The molecular weight excluding hydrogens is 702 g/mol. The first-order chi connectivity index (χ1) is 25.5. The number of nitrogens with zero attached hydrogens (tertiary/aromatic N) is 2. The second-order valence-corrected chi connectivity index (χ2v) is 13.7. The lowest BCUT2D eigenvalue weighted by Gasteiger charge is -2.29. The lowest BCUT2D eigenvalue weighted by Crippen LogP contribution is -2.29. The molecule has 0 spiro atoms. The molecule has 0 radical (unpaired) electrons. The van der Waals surface area contributed by atoms with Gasteiger partial charge in [0.25, 0.3) is 11.8 Å². The molecule has 1 aromatic heterocycles. The van der Waals surface area contributed by atoms with E-state index in [0.29, 0.717) is 39.6 Å². The summed E-state index contributed by atoms with van der Waals surface area (Å²) in [4.78, 5) is 45.0. The van der Waals surface area contributed by atoms with Crippen molar-refractivity contribution in [1.29, 1.82) is 0 Å². The Morgan fingerprint density at radius 1 is 0.736 bits per heavy atom. The highest BCUT2D eigenvalue weighted by molar-refractivity contribution is 7.97. The van der Waals surface area contributed by atoms with E-state index in [2.05, 4.69) is 20.5 Å². The first kappa shape index (κ1) is 37.1. The summed E-state index contributed by atoms with van der Waals surface area (Å²) in [5.74, 6) is -0.553. The van der Waals surface area contributed by atoms with Gasteiger partial charge < -0.3 is 20.6 Å². The second-order valence-electron chi connectivity index (χ2n) is 12.7. The molecule has 272 valence electrons. The van der Waals surface area contributed by atoms with Gasteiger partial charge in [0.2, 0.25) is 0 Å². The third-order valence-corrected chi connectivity index (χ3v) is 9.95. The number of pyridine rings is 1. The van der Waals surface area contributed by atoms with Gasteiger partial charge in [-0.25, -0.2) is 4.79 Å². The zero-order valence-electron chi connectivity index (χ0n) is 28.7. The van der Waals surface area contributed by atoms with Crippen LogP contribution < -0.4 is 15.5 Å². The van der Waals surface area contributed by atoms with Crippen LogP contribution in [0.5, 0.6) is 0 Å². The zero-order valence-corrected chi connectivity index (χ0v) is 29.5. The summed E-state index contributed by atoms with van der Waals surface area (Å²) in [6, 6.07) is 27.9. The van der Waals surface area contributed by atoms with Crippen LogP contribution >= 0.6 is 11.8 Å². The molecule has 0 bridgehead atoms. The van der Waals surface area contributed by atoms with Crippen molar-refractivity contribution in [2.24, 2.45) is 0 Å². The first-order valence-electron chi connectivity index (χ1n) is 17.1. The Bertz CT molecular complexity index is 2120. The number of aromatic nitrogens is 1. The number of carbonyl (C=O) groups excluding carboxylic acids is 2. The van der Waals surface area contributed by atoms with Gasteiger partial charge in [0.05, 0.1) is 22.5 Å². The number of piperidine rings is 1. The van der Waals surface area contributed by atoms with Gasteiger partial charge in [-0.3, -0.25) is 14.6 Å². The van der Waals surface area contributed by atoms with Gasteiger partial charge in [-0.2, -0.15) is 24.9 Å². The normalized spacial score (nSPS) is 13.0. The van der Waals surface area contributed by atoms with E-state index in [1.54, 1.807) is 42.1 Å². The van der Waals surface area contributed by atoms with Crippen LogP contribution in [0.25, 0.3) is 11.3 Å². The molecule has 6 rings (SSSR count). The van der Waals surface area contributed by atoms with E-state index in [1.807, 2.05) is 42.5 Å². The minimum atomic E-state index is -4.49. The molecule has 2 amide bonds. The number of hydrogen-bond acceptors (Lipinski definition) is 6. The van der Waals surface area contributed by atoms with E-state index in [0.717, 1.165) is 61.3 Å². The average molecular weight is 739 g/mol. The molecule has 3 N–H and O–H groups in total. The van der Waals surface area contributed by atoms with Crippen molar-refractivity contribution in [3.05, 3.63) is 148 Å². The fourth-order valence-electron chi connectivity index (χ4n) is 6.14. The van der Waals surface area contributed by atoms with Crippen LogP contribution in [0.2, 0.25) is 0 Å². The van der Waals surface area contributed by atoms with Crippen molar-refractivity contribution in [3.8, 4) is 11.3 Å². The fraction of sp³-hybridized carbons (Fsp3) is 0.220. The summed E-state index contributed by atoms with van der Waals surface area (Å²) in [5.41, 5.74) is 4.85. The van der Waals surface area contributed by atoms with Crippen molar-refractivity contribution in [2.45, 2.75) is 43.5 Å². The summed E-state index contributed by atoms with van der Waals surface area (Å²) in [5, 5.41) is 15.0. The number of amides is 2. The Hall–Kier alpha value is -5.62. The Morgan fingerprint density at radius 2 is 1.40 bits per heavy atom. The maximum atomic E-state index is 13.7. The zero-order chi connectivity index (χ0) is 37.4. The standard InChI is InChI=1S/C41H37F3N4O4S/c42-41(43,44)33-12-6-7-27(21-33)24-46-38(49)31-15-16-45-37(22-31)35-23-34(48-17-2-1-3-18-48)13-14-36(35)47-39(50)30-10-4-8-28(19-30)25-53-26-29-9-5-11-32(20-29)40(51)52/h4-16,19-23H,1-3,17-18,24-26H2,(H,46,49)(H,47,50)(H,51,52). The second kappa shape index (κ2) is 16.8. The number of rotatable bonds is 12. The minimum absolute atomic E-state index is 0.0956. The summed E-state index contributed by atoms with van der Waals surface area (Å²) in [6.07, 6.45) is 0.296. The lowest BCUT2D eigenvalue weighted by molar-refractivity contribution is -0.137. The molecule has 0 unspecified atom stereocenters. The van der Waals surface area contributed by atoms with Gasteiger partial charge in [-0.15, -0.1) is 0 Å². The van der Waals surface area contributed by atoms with E-state index in [4.69, 9.17) is 0 Å². The van der Waals surface area contributed by atoms with Crippen LogP contribution in [0.4, 0.5) is 24.5 Å². The molecule has 1 saturated heterocycles. The Morgan fingerprint density at radius 3 is 2.11 bits per heavy atom. The van der Waals surface area contributed by atoms with Crippen LogP contribution in [0.3, 0.4) is 0 Å². The molecule has 2 heterocycles. The maximum Gasteiger partial charge on any atom is 0.416 e. The number of nitrogens with one attached hydrogen (secondary N) is 2. The van der Waals surface area contributed by atoms with Crippen molar-refractivity contribution >= 4 is 40.9 Å². The number of carbonyl (C=O) groups is 3. The molecule has 5 aromatic rings. The van der Waals surface area contributed by atoms with E-state index in [9.17, 15) is 32.7 Å². The third-order valence-electron chi connectivity index (χ3n) is 8.88. The average Bonchev–Trinajstić information content (AvgIpc) is 3.17. The van der Waals surface area contributed by atoms with Gasteiger partial charge in [0, 0.05) is 59.7 Å².